The minimum absolute atomic E-state index is 0.106. The van der Waals surface area contributed by atoms with Gasteiger partial charge in [-0.05, 0) is 51.2 Å². The number of benzene rings is 2. The number of rotatable bonds is 6. The van der Waals surface area contributed by atoms with E-state index in [4.69, 9.17) is 0 Å². The van der Waals surface area contributed by atoms with E-state index in [9.17, 15) is 21.6 Å². The Morgan fingerprint density at radius 1 is 0.963 bits per heavy atom. The SMILES string of the molecule is O=S(=O)(Cc1ccc(C(F)(F)F)cc1)NCc1ccccc1-c1ccsc1. The molecule has 1 N–H and O–H groups in total. The molecule has 0 amide bonds. The standard InChI is InChI=1S/C19H16F3NO2S2/c20-19(21,22)17-7-5-14(6-8-17)13-27(24,25)23-11-15-3-1-2-4-18(15)16-9-10-26-12-16/h1-10,12,23H,11,13H2. The van der Waals surface area contributed by atoms with E-state index < -0.39 is 21.8 Å². The maximum absolute atomic E-state index is 12.6. The molecular formula is C19H16F3NO2S2. The lowest BCUT2D eigenvalue weighted by molar-refractivity contribution is -0.137. The molecule has 3 rings (SSSR count). The predicted octanol–water partition coefficient (Wildman–Crippen LogP) is 5.05. The third-order valence-corrected chi connectivity index (χ3v) is 5.95. The Balaban J connectivity index is 1.69. The van der Waals surface area contributed by atoms with Crippen molar-refractivity contribution in [3.05, 3.63) is 82.0 Å². The molecule has 0 atom stereocenters. The molecule has 0 radical (unpaired) electrons. The van der Waals surface area contributed by atoms with Crippen molar-refractivity contribution in [2.24, 2.45) is 0 Å². The number of halogens is 3. The molecule has 27 heavy (non-hydrogen) atoms. The van der Waals surface area contributed by atoms with E-state index >= 15 is 0 Å². The van der Waals surface area contributed by atoms with Gasteiger partial charge in [0.25, 0.3) is 0 Å². The van der Waals surface area contributed by atoms with E-state index in [1.54, 1.807) is 11.3 Å². The van der Waals surface area contributed by atoms with E-state index in [2.05, 4.69) is 4.72 Å². The van der Waals surface area contributed by atoms with Crippen LogP contribution in [0.5, 0.6) is 0 Å². The summed E-state index contributed by atoms with van der Waals surface area (Å²) in [6.07, 6.45) is -4.44. The Bertz CT molecular complexity index is 996. The first-order valence-corrected chi connectivity index (χ1v) is 10.6. The van der Waals surface area contributed by atoms with Gasteiger partial charge in [0.2, 0.25) is 10.0 Å². The lowest BCUT2D eigenvalue weighted by atomic mass is 10.0. The van der Waals surface area contributed by atoms with Crippen molar-refractivity contribution < 1.29 is 21.6 Å². The summed E-state index contributed by atoms with van der Waals surface area (Å²) in [4.78, 5) is 0. The highest BCUT2D eigenvalue weighted by Gasteiger charge is 2.30. The highest BCUT2D eigenvalue weighted by molar-refractivity contribution is 7.88. The van der Waals surface area contributed by atoms with Crippen LogP contribution < -0.4 is 4.72 Å². The van der Waals surface area contributed by atoms with Gasteiger partial charge in [-0.2, -0.15) is 24.5 Å². The molecule has 1 heterocycles. The van der Waals surface area contributed by atoms with Crippen molar-refractivity contribution >= 4 is 21.4 Å². The van der Waals surface area contributed by atoms with Crippen molar-refractivity contribution in [2.45, 2.75) is 18.5 Å². The number of thiophene rings is 1. The van der Waals surface area contributed by atoms with E-state index in [-0.39, 0.29) is 12.3 Å². The molecule has 3 nitrogen and oxygen atoms in total. The molecule has 0 spiro atoms. The summed E-state index contributed by atoms with van der Waals surface area (Å²) >= 11 is 1.55. The lowest BCUT2D eigenvalue weighted by Crippen LogP contribution is -2.25. The van der Waals surface area contributed by atoms with Crippen LogP contribution in [0.15, 0.2) is 65.4 Å². The summed E-state index contributed by atoms with van der Waals surface area (Å²) in [5.74, 6) is -0.383. The smallest absolute Gasteiger partial charge is 0.212 e. The molecule has 142 valence electrons. The Morgan fingerprint density at radius 2 is 1.67 bits per heavy atom. The summed E-state index contributed by atoms with van der Waals surface area (Å²) in [5.41, 5.74) is 2.27. The Hall–Kier alpha value is -2.16. The predicted molar refractivity (Wildman–Crippen MR) is 101 cm³/mol. The molecule has 8 heteroatoms. The third kappa shape index (κ3) is 5.18. The minimum Gasteiger partial charge on any atom is -0.212 e. The van der Waals surface area contributed by atoms with Gasteiger partial charge in [-0.1, -0.05) is 36.4 Å². The topological polar surface area (TPSA) is 46.2 Å². The zero-order valence-electron chi connectivity index (χ0n) is 14.0. The van der Waals surface area contributed by atoms with Gasteiger partial charge in [0, 0.05) is 6.54 Å². The molecule has 1 aromatic heterocycles. The Morgan fingerprint density at radius 3 is 2.30 bits per heavy atom. The van der Waals surface area contributed by atoms with Crippen LogP contribution in [0.4, 0.5) is 13.2 Å². The van der Waals surface area contributed by atoms with E-state index in [1.807, 2.05) is 41.1 Å². The molecule has 0 saturated heterocycles. The van der Waals surface area contributed by atoms with Gasteiger partial charge in [0.15, 0.2) is 0 Å². The highest BCUT2D eigenvalue weighted by Crippen LogP contribution is 2.29. The normalized spacial score (nSPS) is 12.3. The first-order chi connectivity index (χ1) is 12.7. The summed E-state index contributed by atoms with van der Waals surface area (Å²) in [5, 5.41) is 3.93. The Labute approximate surface area is 159 Å². The molecular weight excluding hydrogens is 395 g/mol. The Kier molecular flexibility index (Phi) is 5.69. The third-order valence-electron chi connectivity index (χ3n) is 3.97. The van der Waals surface area contributed by atoms with Gasteiger partial charge in [0.1, 0.15) is 0 Å². The molecule has 0 fully saturated rings. The van der Waals surface area contributed by atoms with E-state index in [0.29, 0.717) is 5.56 Å². The second-order valence-corrected chi connectivity index (χ2v) is 8.53. The molecule has 3 aromatic rings. The van der Waals surface area contributed by atoms with Crippen LogP contribution in [-0.2, 0) is 28.5 Å². The minimum atomic E-state index is -4.44. The fourth-order valence-corrected chi connectivity index (χ4v) is 4.39. The highest BCUT2D eigenvalue weighted by atomic mass is 32.2. The second kappa shape index (κ2) is 7.84. The number of sulfonamides is 1. The van der Waals surface area contributed by atoms with Gasteiger partial charge in [0.05, 0.1) is 11.3 Å². The largest absolute Gasteiger partial charge is 0.416 e. The molecule has 0 aliphatic carbocycles. The van der Waals surface area contributed by atoms with Crippen molar-refractivity contribution in [1.29, 1.82) is 0 Å². The number of alkyl halides is 3. The molecule has 0 aliphatic heterocycles. The van der Waals surface area contributed by atoms with Crippen LogP contribution in [0.2, 0.25) is 0 Å². The van der Waals surface area contributed by atoms with Crippen LogP contribution in [0.1, 0.15) is 16.7 Å². The van der Waals surface area contributed by atoms with Crippen molar-refractivity contribution in [3.63, 3.8) is 0 Å². The average Bonchev–Trinajstić information content (AvgIpc) is 3.14. The zero-order valence-corrected chi connectivity index (χ0v) is 15.7. The van der Waals surface area contributed by atoms with Crippen molar-refractivity contribution in [1.82, 2.24) is 4.72 Å². The monoisotopic (exact) mass is 411 g/mol. The first-order valence-electron chi connectivity index (χ1n) is 7.98. The van der Waals surface area contributed by atoms with Gasteiger partial charge in [-0.15, -0.1) is 0 Å². The molecule has 0 unspecified atom stereocenters. The lowest BCUT2D eigenvalue weighted by Gasteiger charge is -2.11. The molecule has 0 saturated carbocycles. The van der Waals surface area contributed by atoms with Crippen molar-refractivity contribution in [3.8, 4) is 11.1 Å². The molecule has 2 aromatic carbocycles. The van der Waals surface area contributed by atoms with Crippen LogP contribution in [0, 0.1) is 0 Å². The average molecular weight is 411 g/mol. The van der Waals surface area contributed by atoms with Crippen molar-refractivity contribution in [2.75, 3.05) is 0 Å². The first kappa shape index (κ1) is 19.6. The number of nitrogens with one attached hydrogen (secondary N) is 1. The van der Waals surface area contributed by atoms with Gasteiger partial charge in [-0.25, -0.2) is 13.1 Å². The summed E-state index contributed by atoms with van der Waals surface area (Å²) in [6, 6.07) is 13.6. The summed E-state index contributed by atoms with van der Waals surface area (Å²) in [6.45, 7) is 0.106. The maximum atomic E-state index is 12.6. The van der Waals surface area contributed by atoms with Crippen LogP contribution in [-0.4, -0.2) is 8.42 Å². The fraction of sp³-hybridized carbons (Fsp3) is 0.158. The number of hydrogen-bond acceptors (Lipinski definition) is 3. The summed E-state index contributed by atoms with van der Waals surface area (Å²) in [7, 11) is -3.70. The molecule has 0 aliphatic rings. The van der Waals surface area contributed by atoms with Crippen LogP contribution in [0.3, 0.4) is 0 Å². The summed E-state index contributed by atoms with van der Waals surface area (Å²) < 4.78 is 64.9. The van der Waals surface area contributed by atoms with Gasteiger partial charge in [-0.3, -0.25) is 0 Å². The quantitative estimate of drug-likeness (QED) is 0.617. The molecule has 0 bridgehead atoms. The zero-order chi connectivity index (χ0) is 19.5. The van der Waals surface area contributed by atoms with E-state index in [0.717, 1.165) is 28.8 Å². The van der Waals surface area contributed by atoms with Gasteiger partial charge >= 0.3 is 6.18 Å². The number of hydrogen-bond donors (Lipinski definition) is 1. The fourth-order valence-electron chi connectivity index (χ4n) is 2.62. The van der Waals surface area contributed by atoms with E-state index in [1.165, 1.54) is 12.1 Å². The van der Waals surface area contributed by atoms with Crippen LogP contribution in [0.25, 0.3) is 11.1 Å². The van der Waals surface area contributed by atoms with Crippen LogP contribution >= 0.6 is 11.3 Å². The maximum Gasteiger partial charge on any atom is 0.416 e. The second-order valence-electron chi connectivity index (χ2n) is 5.94. The van der Waals surface area contributed by atoms with Gasteiger partial charge < -0.3 is 0 Å².